The van der Waals surface area contributed by atoms with Crippen LogP contribution in [0.3, 0.4) is 0 Å². The van der Waals surface area contributed by atoms with E-state index in [0.29, 0.717) is 34.1 Å². The molecule has 6 nitrogen and oxygen atoms in total. The molecule has 0 aromatic heterocycles. The molecule has 0 aliphatic carbocycles. The van der Waals surface area contributed by atoms with Crippen molar-refractivity contribution in [3.8, 4) is 51.0 Å². The molecule has 190 valence electrons. The molecule has 0 bridgehead atoms. The van der Waals surface area contributed by atoms with E-state index in [1.165, 1.54) is 0 Å². The highest BCUT2D eigenvalue weighted by Crippen LogP contribution is 2.39. The van der Waals surface area contributed by atoms with Crippen LogP contribution in [0.4, 0.5) is 0 Å². The first kappa shape index (κ1) is 25.6. The summed E-state index contributed by atoms with van der Waals surface area (Å²) < 4.78 is 22.0. The Hall–Kier alpha value is -4.45. The van der Waals surface area contributed by atoms with Crippen molar-refractivity contribution in [2.24, 2.45) is 0 Å². The third-order valence-corrected chi connectivity index (χ3v) is 6.38. The number of methoxy groups -OCH3 is 4. The van der Waals surface area contributed by atoms with Gasteiger partial charge in [-0.05, 0) is 72.5 Å². The summed E-state index contributed by atoms with van der Waals surface area (Å²) in [4.78, 5) is 11.4. The molecular formula is C31H30O6. The fourth-order valence-corrected chi connectivity index (χ4v) is 4.40. The lowest BCUT2D eigenvalue weighted by Crippen LogP contribution is -1.97. The van der Waals surface area contributed by atoms with Crippen molar-refractivity contribution < 1.29 is 28.8 Å². The van der Waals surface area contributed by atoms with Gasteiger partial charge in [0, 0.05) is 33.9 Å². The van der Waals surface area contributed by atoms with E-state index in [-0.39, 0.29) is 5.75 Å². The van der Waals surface area contributed by atoms with Crippen LogP contribution in [-0.4, -0.2) is 39.8 Å². The standard InChI is InChI=1S/C31H30O6/c1-34-23-10-12-24(28(33)18-23)25-11-7-21(17-31(25)37-4)6-5-20-8-13-29(35-2)26(15-20)27-16-22(19-32)9-14-30(27)36-3/h7-19,33H,5-6H2,1-4H3. The predicted molar refractivity (Wildman–Crippen MR) is 144 cm³/mol. The molecule has 0 saturated heterocycles. The van der Waals surface area contributed by atoms with Gasteiger partial charge in [-0.2, -0.15) is 0 Å². The van der Waals surface area contributed by atoms with Crippen LogP contribution < -0.4 is 18.9 Å². The van der Waals surface area contributed by atoms with E-state index in [4.69, 9.17) is 18.9 Å². The summed E-state index contributed by atoms with van der Waals surface area (Å²) in [7, 11) is 6.43. The number of hydrogen-bond donors (Lipinski definition) is 1. The van der Waals surface area contributed by atoms with Crippen LogP contribution in [0.2, 0.25) is 0 Å². The van der Waals surface area contributed by atoms with Gasteiger partial charge in [-0.3, -0.25) is 4.79 Å². The lowest BCUT2D eigenvalue weighted by Gasteiger charge is -2.15. The van der Waals surface area contributed by atoms with Gasteiger partial charge < -0.3 is 24.1 Å². The third kappa shape index (κ3) is 5.54. The number of hydrogen-bond acceptors (Lipinski definition) is 6. The number of ether oxygens (including phenoxy) is 4. The van der Waals surface area contributed by atoms with Crippen molar-refractivity contribution in [1.82, 2.24) is 0 Å². The third-order valence-electron chi connectivity index (χ3n) is 6.38. The average molecular weight is 499 g/mol. The van der Waals surface area contributed by atoms with Crippen molar-refractivity contribution in [1.29, 1.82) is 0 Å². The predicted octanol–water partition coefficient (Wildman–Crippen LogP) is 6.36. The Bertz CT molecular complexity index is 1410. The minimum Gasteiger partial charge on any atom is -0.507 e. The molecule has 0 heterocycles. The summed E-state index contributed by atoms with van der Waals surface area (Å²) >= 11 is 0. The SMILES string of the molecule is COc1ccc(-c2ccc(CCc3ccc(OC)c(-c4cc(C=O)ccc4OC)c3)cc2OC)c(O)c1. The van der Waals surface area contributed by atoms with Gasteiger partial charge in [0.25, 0.3) is 0 Å². The van der Waals surface area contributed by atoms with Crippen molar-refractivity contribution in [2.45, 2.75) is 12.8 Å². The molecule has 4 rings (SSSR count). The number of phenols is 1. The topological polar surface area (TPSA) is 74.2 Å². The molecule has 0 atom stereocenters. The summed E-state index contributed by atoms with van der Waals surface area (Å²) in [5.74, 6) is 2.78. The van der Waals surface area contributed by atoms with E-state index in [1.807, 2.05) is 48.5 Å². The molecule has 0 radical (unpaired) electrons. The molecular weight excluding hydrogens is 468 g/mol. The van der Waals surface area contributed by atoms with E-state index >= 15 is 0 Å². The number of carbonyl (C=O) groups excluding carboxylic acids is 1. The van der Waals surface area contributed by atoms with Gasteiger partial charge in [0.05, 0.1) is 28.4 Å². The fraction of sp³-hybridized carbons (Fsp3) is 0.194. The molecule has 6 heteroatoms. The van der Waals surface area contributed by atoms with E-state index < -0.39 is 0 Å². The summed E-state index contributed by atoms with van der Waals surface area (Å²) in [5, 5.41) is 10.5. The molecule has 1 N–H and O–H groups in total. The molecule has 0 aliphatic rings. The van der Waals surface area contributed by atoms with Crippen LogP contribution in [0.1, 0.15) is 21.5 Å². The monoisotopic (exact) mass is 498 g/mol. The number of carbonyl (C=O) groups is 1. The molecule has 0 aliphatic heterocycles. The number of aryl methyl sites for hydroxylation is 2. The Morgan fingerprint density at radius 2 is 1.19 bits per heavy atom. The highest BCUT2D eigenvalue weighted by atomic mass is 16.5. The summed E-state index contributed by atoms with van der Waals surface area (Å²) in [6, 6.07) is 22.6. The highest BCUT2D eigenvalue weighted by Gasteiger charge is 2.15. The van der Waals surface area contributed by atoms with Gasteiger partial charge in [-0.15, -0.1) is 0 Å². The van der Waals surface area contributed by atoms with Crippen LogP contribution in [0.5, 0.6) is 28.7 Å². The second-order valence-electron chi connectivity index (χ2n) is 8.53. The van der Waals surface area contributed by atoms with E-state index in [9.17, 15) is 9.90 Å². The van der Waals surface area contributed by atoms with Crippen molar-refractivity contribution in [3.63, 3.8) is 0 Å². The first-order chi connectivity index (χ1) is 18.0. The van der Waals surface area contributed by atoms with Crippen LogP contribution in [0.25, 0.3) is 22.3 Å². The van der Waals surface area contributed by atoms with Crippen LogP contribution >= 0.6 is 0 Å². The smallest absolute Gasteiger partial charge is 0.150 e. The van der Waals surface area contributed by atoms with Gasteiger partial charge in [0.15, 0.2) is 0 Å². The van der Waals surface area contributed by atoms with Crippen LogP contribution in [0.15, 0.2) is 72.8 Å². The maximum absolute atomic E-state index is 11.4. The van der Waals surface area contributed by atoms with Gasteiger partial charge in [-0.1, -0.05) is 18.2 Å². The van der Waals surface area contributed by atoms with Gasteiger partial charge in [-0.25, -0.2) is 0 Å². The summed E-state index contributed by atoms with van der Waals surface area (Å²) in [5.41, 5.74) is 5.94. The Morgan fingerprint density at radius 1 is 0.595 bits per heavy atom. The molecule has 4 aromatic carbocycles. The quantitative estimate of drug-likeness (QED) is 0.257. The Morgan fingerprint density at radius 3 is 1.81 bits per heavy atom. The molecule has 4 aromatic rings. The minimum atomic E-state index is 0.130. The maximum atomic E-state index is 11.4. The van der Waals surface area contributed by atoms with E-state index in [0.717, 1.165) is 46.9 Å². The molecule has 0 spiro atoms. The minimum absolute atomic E-state index is 0.130. The van der Waals surface area contributed by atoms with E-state index in [2.05, 4.69) is 6.07 Å². The van der Waals surface area contributed by atoms with Gasteiger partial charge >= 0.3 is 0 Å². The molecule has 0 fully saturated rings. The number of benzene rings is 4. The number of aromatic hydroxyl groups is 1. The maximum Gasteiger partial charge on any atom is 0.150 e. The summed E-state index contributed by atoms with van der Waals surface area (Å²) in [6.07, 6.45) is 2.38. The van der Waals surface area contributed by atoms with E-state index in [1.54, 1.807) is 46.6 Å². The zero-order valence-corrected chi connectivity index (χ0v) is 21.4. The Kier molecular flexibility index (Phi) is 7.98. The average Bonchev–Trinajstić information content (AvgIpc) is 2.95. The fourth-order valence-electron chi connectivity index (χ4n) is 4.40. The van der Waals surface area contributed by atoms with Gasteiger partial charge in [0.2, 0.25) is 0 Å². The highest BCUT2D eigenvalue weighted by molar-refractivity contribution is 5.84. The molecule has 0 saturated carbocycles. The Balaban J connectivity index is 1.61. The number of phenolic OH excluding ortho intramolecular Hbond substituents is 1. The molecule has 37 heavy (non-hydrogen) atoms. The van der Waals surface area contributed by atoms with Crippen LogP contribution in [0, 0.1) is 0 Å². The lowest BCUT2D eigenvalue weighted by molar-refractivity contribution is 0.112. The second-order valence-corrected chi connectivity index (χ2v) is 8.53. The summed E-state index contributed by atoms with van der Waals surface area (Å²) in [6.45, 7) is 0. The normalized spacial score (nSPS) is 10.6. The van der Waals surface area contributed by atoms with Crippen molar-refractivity contribution >= 4 is 6.29 Å². The zero-order chi connectivity index (χ0) is 26.4. The van der Waals surface area contributed by atoms with Crippen LogP contribution in [-0.2, 0) is 12.8 Å². The molecule has 0 amide bonds. The first-order valence-electron chi connectivity index (χ1n) is 11.9. The second kappa shape index (κ2) is 11.5. The lowest BCUT2D eigenvalue weighted by atomic mass is 9.95. The number of aldehydes is 1. The first-order valence-corrected chi connectivity index (χ1v) is 11.9. The zero-order valence-electron chi connectivity index (χ0n) is 21.4. The molecule has 0 unspecified atom stereocenters. The Labute approximate surface area is 217 Å². The van der Waals surface area contributed by atoms with Gasteiger partial charge in [0.1, 0.15) is 35.0 Å². The largest absolute Gasteiger partial charge is 0.507 e. The van der Waals surface area contributed by atoms with Crippen molar-refractivity contribution in [3.05, 3.63) is 89.5 Å². The number of rotatable bonds is 10. The van der Waals surface area contributed by atoms with Crippen molar-refractivity contribution in [2.75, 3.05) is 28.4 Å².